The van der Waals surface area contributed by atoms with Crippen LogP contribution in [0.15, 0.2) is 24.4 Å². The number of sulfonamides is 1. The second-order valence-electron chi connectivity index (χ2n) is 4.65. The third-order valence-electron chi connectivity index (χ3n) is 3.24. The van der Waals surface area contributed by atoms with Crippen molar-refractivity contribution in [3.63, 3.8) is 0 Å². The maximum atomic E-state index is 12.5. The molecule has 1 N–H and O–H groups in total. The summed E-state index contributed by atoms with van der Waals surface area (Å²) in [4.78, 5) is 4.14. The van der Waals surface area contributed by atoms with Crippen molar-refractivity contribution in [1.82, 2.24) is 14.6 Å². The molecule has 6 heteroatoms. The summed E-state index contributed by atoms with van der Waals surface area (Å²) in [5.74, 6) is 0. The van der Waals surface area contributed by atoms with E-state index in [0.717, 1.165) is 0 Å². The summed E-state index contributed by atoms with van der Waals surface area (Å²) in [5.41, 5.74) is 0.601. The minimum absolute atomic E-state index is 0.199. The first-order valence-corrected chi connectivity index (χ1v) is 7.65. The van der Waals surface area contributed by atoms with Crippen molar-refractivity contribution in [1.29, 1.82) is 0 Å². The van der Waals surface area contributed by atoms with E-state index in [-0.39, 0.29) is 6.04 Å². The van der Waals surface area contributed by atoms with Crippen molar-refractivity contribution in [2.75, 3.05) is 19.6 Å². The maximum Gasteiger partial charge on any atom is 0.222 e. The number of nitrogens with zero attached hydrogens (tertiary/aromatic N) is 2. The lowest BCUT2D eigenvalue weighted by molar-refractivity contribution is 0.307. The van der Waals surface area contributed by atoms with Crippen molar-refractivity contribution in [3.05, 3.63) is 30.1 Å². The molecular formula is C12H19N3O2S. The summed E-state index contributed by atoms with van der Waals surface area (Å²) in [6.45, 7) is 5.45. The number of pyridine rings is 1. The molecule has 2 rings (SSSR count). The fraction of sp³-hybridized carbons (Fsp3) is 0.583. The molecule has 0 radical (unpaired) electrons. The van der Waals surface area contributed by atoms with Gasteiger partial charge in [0.05, 0.1) is 5.69 Å². The highest BCUT2D eigenvalue weighted by atomic mass is 32.2. The quantitative estimate of drug-likeness (QED) is 0.880. The highest BCUT2D eigenvalue weighted by molar-refractivity contribution is 7.89. The Morgan fingerprint density at radius 3 is 2.89 bits per heavy atom. The summed E-state index contributed by atoms with van der Waals surface area (Å²) in [6, 6.07) is 5.56. The maximum absolute atomic E-state index is 12.5. The predicted molar refractivity (Wildman–Crippen MR) is 70.6 cm³/mol. The van der Waals surface area contributed by atoms with Crippen LogP contribution in [-0.2, 0) is 10.0 Å². The number of rotatable bonds is 3. The summed E-state index contributed by atoms with van der Waals surface area (Å²) >= 11 is 0. The third-order valence-corrected chi connectivity index (χ3v) is 5.43. The molecule has 18 heavy (non-hydrogen) atoms. The van der Waals surface area contributed by atoms with Gasteiger partial charge in [0.25, 0.3) is 0 Å². The molecule has 0 saturated carbocycles. The molecule has 0 unspecified atom stereocenters. The van der Waals surface area contributed by atoms with Crippen LogP contribution in [0, 0.1) is 0 Å². The van der Waals surface area contributed by atoms with E-state index in [4.69, 9.17) is 0 Å². The second-order valence-corrected chi connectivity index (χ2v) is 6.91. The molecule has 0 spiro atoms. The van der Waals surface area contributed by atoms with E-state index in [2.05, 4.69) is 10.3 Å². The Morgan fingerprint density at radius 2 is 2.28 bits per heavy atom. The summed E-state index contributed by atoms with van der Waals surface area (Å²) in [7, 11) is -3.32. The van der Waals surface area contributed by atoms with E-state index >= 15 is 0 Å². The van der Waals surface area contributed by atoms with Gasteiger partial charge in [0.1, 0.15) is 5.25 Å². The Kier molecular flexibility index (Phi) is 3.99. The van der Waals surface area contributed by atoms with Gasteiger partial charge in [0.15, 0.2) is 0 Å². The molecule has 0 aliphatic carbocycles. The SMILES string of the molecule is C[C@H](c1ccccn1)S(=O)(=O)N1CCN[C@@H](C)C1. The summed E-state index contributed by atoms with van der Waals surface area (Å²) in [6.07, 6.45) is 1.63. The molecular weight excluding hydrogens is 250 g/mol. The largest absolute Gasteiger partial charge is 0.312 e. The molecule has 0 amide bonds. The van der Waals surface area contributed by atoms with Crippen molar-refractivity contribution in [2.45, 2.75) is 25.1 Å². The van der Waals surface area contributed by atoms with Gasteiger partial charge in [-0.05, 0) is 26.0 Å². The minimum Gasteiger partial charge on any atom is -0.312 e. The molecule has 1 fully saturated rings. The fourth-order valence-electron chi connectivity index (χ4n) is 2.12. The van der Waals surface area contributed by atoms with Gasteiger partial charge in [-0.25, -0.2) is 8.42 Å². The molecule has 1 aliphatic heterocycles. The fourth-order valence-corrected chi connectivity index (χ4v) is 3.79. The monoisotopic (exact) mass is 269 g/mol. The van der Waals surface area contributed by atoms with Crippen LogP contribution >= 0.6 is 0 Å². The highest BCUT2D eigenvalue weighted by Crippen LogP contribution is 2.24. The predicted octanol–water partition coefficient (Wildman–Crippen LogP) is 0.766. The van der Waals surface area contributed by atoms with E-state index in [1.807, 2.05) is 13.0 Å². The van der Waals surface area contributed by atoms with Gasteiger partial charge in [-0.2, -0.15) is 4.31 Å². The standard InChI is InChI=1S/C12H19N3O2S/c1-10-9-15(8-7-13-10)18(16,17)11(2)12-5-3-4-6-14-12/h3-6,10-11,13H,7-9H2,1-2H3/t10-,11+/m0/s1. The lowest BCUT2D eigenvalue weighted by atomic mass is 10.3. The second kappa shape index (κ2) is 5.34. The molecule has 1 aliphatic rings. The van der Waals surface area contributed by atoms with E-state index in [9.17, 15) is 8.42 Å². The van der Waals surface area contributed by atoms with Crippen LogP contribution < -0.4 is 5.32 Å². The molecule has 1 saturated heterocycles. The van der Waals surface area contributed by atoms with Crippen LogP contribution in [0.5, 0.6) is 0 Å². The zero-order valence-corrected chi connectivity index (χ0v) is 11.5. The van der Waals surface area contributed by atoms with Gasteiger partial charge in [-0.1, -0.05) is 6.07 Å². The van der Waals surface area contributed by atoms with Gasteiger partial charge in [0.2, 0.25) is 10.0 Å². The summed E-state index contributed by atoms with van der Waals surface area (Å²) in [5, 5.41) is 2.65. The third kappa shape index (κ3) is 2.71. The average molecular weight is 269 g/mol. The van der Waals surface area contributed by atoms with Crippen LogP contribution in [0.3, 0.4) is 0 Å². The number of nitrogens with one attached hydrogen (secondary N) is 1. The Morgan fingerprint density at radius 1 is 1.50 bits per heavy atom. The molecule has 100 valence electrons. The summed E-state index contributed by atoms with van der Waals surface area (Å²) < 4.78 is 26.5. The number of hydrogen-bond donors (Lipinski definition) is 1. The molecule has 2 atom stereocenters. The Hall–Kier alpha value is -0.980. The van der Waals surface area contributed by atoms with E-state index in [0.29, 0.717) is 25.3 Å². The lowest BCUT2D eigenvalue weighted by Crippen LogP contribution is -2.52. The van der Waals surface area contributed by atoms with Crippen LogP contribution in [0.4, 0.5) is 0 Å². The van der Waals surface area contributed by atoms with Crippen molar-refractivity contribution < 1.29 is 8.42 Å². The van der Waals surface area contributed by atoms with Gasteiger partial charge < -0.3 is 5.32 Å². The van der Waals surface area contributed by atoms with Crippen molar-refractivity contribution in [3.8, 4) is 0 Å². The van der Waals surface area contributed by atoms with Crippen LogP contribution in [0.25, 0.3) is 0 Å². The average Bonchev–Trinajstić information content (AvgIpc) is 2.39. The normalized spacial score (nSPS) is 23.8. The first-order chi connectivity index (χ1) is 8.51. The Bertz CT molecular complexity index is 489. The van der Waals surface area contributed by atoms with Crippen molar-refractivity contribution in [2.24, 2.45) is 0 Å². The smallest absolute Gasteiger partial charge is 0.222 e. The molecule has 1 aromatic heterocycles. The van der Waals surface area contributed by atoms with Gasteiger partial charge in [-0.15, -0.1) is 0 Å². The van der Waals surface area contributed by atoms with Gasteiger partial charge >= 0.3 is 0 Å². The molecule has 0 aromatic carbocycles. The molecule has 0 bridgehead atoms. The first-order valence-electron chi connectivity index (χ1n) is 6.15. The minimum atomic E-state index is -3.32. The van der Waals surface area contributed by atoms with Crippen LogP contribution in [0.2, 0.25) is 0 Å². The van der Waals surface area contributed by atoms with Crippen LogP contribution in [-0.4, -0.2) is 43.4 Å². The van der Waals surface area contributed by atoms with Gasteiger partial charge in [0, 0.05) is 31.9 Å². The molecule has 1 aromatic rings. The lowest BCUT2D eigenvalue weighted by Gasteiger charge is -2.32. The zero-order chi connectivity index (χ0) is 13.2. The van der Waals surface area contributed by atoms with E-state index in [1.165, 1.54) is 0 Å². The Balaban J connectivity index is 2.20. The molecule has 5 nitrogen and oxygen atoms in total. The van der Waals surface area contributed by atoms with Crippen LogP contribution in [0.1, 0.15) is 24.8 Å². The highest BCUT2D eigenvalue weighted by Gasteiger charge is 2.33. The Labute approximate surface area is 108 Å². The van der Waals surface area contributed by atoms with Gasteiger partial charge in [-0.3, -0.25) is 4.98 Å². The zero-order valence-electron chi connectivity index (χ0n) is 10.7. The van der Waals surface area contributed by atoms with E-state index in [1.54, 1.807) is 29.6 Å². The van der Waals surface area contributed by atoms with Crippen molar-refractivity contribution >= 4 is 10.0 Å². The first kappa shape index (κ1) is 13.5. The molecule has 2 heterocycles. The number of piperazine rings is 1. The number of aromatic nitrogens is 1. The topological polar surface area (TPSA) is 62.3 Å². The van der Waals surface area contributed by atoms with E-state index < -0.39 is 15.3 Å². The number of hydrogen-bond acceptors (Lipinski definition) is 4.